The number of Topliss-reactive ketones (excluding diaryl/α,β-unsaturated/α-hetero) is 1. The zero-order valence-corrected chi connectivity index (χ0v) is 20.5. The SMILES string of the molecule is CCC(=O)c1ccc(F)c(C2CC2NC(=O)Nc2ccc(C#N)cn2)c1OC(=O)c1cncc(Br)c1. The van der Waals surface area contributed by atoms with E-state index in [9.17, 15) is 14.4 Å². The zero-order valence-electron chi connectivity index (χ0n) is 18.9. The number of pyridine rings is 2. The molecule has 0 aliphatic heterocycles. The van der Waals surface area contributed by atoms with E-state index in [0.717, 1.165) is 6.07 Å². The Kier molecular flexibility index (Phi) is 7.36. The van der Waals surface area contributed by atoms with Gasteiger partial charge < -0.3 is 10.1 Å². The number of hydrogen-bond acceptors (Lipinski definition) is 7. The van der Waals surface area contributed by atoms with Gasteiger partial charge in [-0.3, -0.25) is 15.1 Å². The molecule has 2 N–H and O–H groups in total. The van der Waals surface area contributed by atoms with Crippen molar-refractivity contribution in [1.82, 2.24) is 15.3 Å². The van der Waals surface area contributed by atoms with Gasteiger partial charge in [-0.25, -0.2) is 19.0 Å². The third-order valence-electron chi connectivity index (χ3n) is 5.51. The van der Waals surface area contributed by atoms with E-state index in [4.69, 9.17) is 10.00 Å². The second-order valence-corrected chi connectivity index (χ2v) is 8.90. The molecule has 0 saturated heterocycles. The summed E-state index contributed by atoms with van der Waals surface area (Å²) in [7, 11) is 0. The largest absolute Gasteiger partial charge is 0.422 e. The molecule has 2 aromatic heterocycles. The van der Waals surface area contributed by atoms with E-state index in [1.165, 1.54) is 42.9 Å². The van der Waals surface area contributed by atoms with E-state index in [2.05, 4.69) is 36.5 Å². The molecule has 0 spiro atoms. The van der Waals surface area contributed by atoms with Crippen molar-refractivity contribution in [2.45, 2.75) is 31.7 Å². The fourth-order valence-electron chi connectivity index (χ4n) is 3.64. The molecule has 11 heteroatoms. The van der Waals surface area contributed by atoms with Crippen LogP contribution in [-0.2, 0) is 0 Å². The Hall–Kier alpha value is -4.17. The highest BCUT2D eigenvalue weighted by atomic mass is 79.9. The van der Waals surface area contributed by atoms with Crippen LogP contribution in [0.3, 0.4) is 0 Å². The number of esters is 1. The van der Waals surface area contributed by atoms with E-state index >= 15 is 4.39 Å². The standard InChI is InChI=1S/C25H19BrFN5O4/c1-2-20(33)16-4-5-18(27)22(23(16)36-24(34)14-7-15(26)12-29-11-14)17-8-19(17)31-25(35)32-21-6-3-13(9-28)10-30-21/h3-7,10-12,17,19H,2,8H2,1H3,(H2,30,31,32,35). The van der Waals surface area contributed by atoms with Gasteiger partial charge in [0.2, 0.25) is 0 Å². The molecule has 9 nitrogen and oxygen atoms in total. The number of halogens is 2. The van der Waals surface area contributed by atoms with Crippen LogP contribution in [0.4, 0.5) is 15.0 Å². The van der Waals surface area contributed by atoms with Crippen molar-refractivity contribution in [3.63, 3.8) is 0 Å². The molecule has 2 unspecified atom stereocenters. The third-order valence-corrected chi connectivity index (χ3v) is 5.95. The van der Waals surface area contributed by atoms with Crippen LogP contribution in [0.2, 0.25) is 0 Å². The highest BCUT2D eigenvalue weighted by Gasteiger charge is 2.44. The van der Waals surface area contributed by atoms with Gasteiger partial charge in [0.15, 0.2) is 5.78 Å². The lowest BCUT2D eigenvalue weighted by Gasteiger charge is -2.15. The maximum absolute atomic E-state index is 15.0. The molecule has 1 aliphatic rings. The van der Waals surface area contributed by atoms with Crippen molar-refractivity contribution < 1.29 is 23.5 Å². The summed E-state index contributed by atoms with van der Waals surface area (Å²) in [6, 6.07) is 7.84. The van der Waals surface area contributed by atoms with E-state index in [1.54, 1.807) is 6.92 Å². The Morgan fingerprint density at radius 2 is 2.03 bits per heavy atom. The lowest BCUT2D eigenvalue weighted by atomic mass is 10.00. The predicted octanol–water partition coefficient (Wildman–Crippen LogP) is 4.74. The van der Waals surface area contributed by atoms with E-state index < -0.39 is 29.8 Å². The Balaban J connectivity index is 1.56. The number of benzene rings is 1. The lowest BCUT2D eigenvalue weighted by molar-refractivity contribution is 0.0729. The van der Waals surface area contributed by atoms with Gasteiger partial charge >= 0.3 is 12.0 Å². The number of carbonyl (C=O) groups is 3. The minimum atomic E-state index is -0.796. The fourth-order valence-corrected chi connectivity index (χ4v) is 4.01. The molecule has 2 amide bonds. The molecule has 182 valence electrons. The molecule has 4 rings (SSSR count). The quantitative estimate of drug-likeness (QED) is 0.246. The van der Waals surface area contributed by atoms with Gasteiger partial charge in [0.25, 0.3) is 0 Å². The van der Waals surface area contributed by atoms with Crippen molar-refractivity contribution in [2.75, 3.05) is 5.32 Å². The second-order valence-electron chi connectivity index (χ2n) is 7.99. The van der Waals surface area contributed by atoms with Crippen LogP contribution in [0.25, 0.3) is 0 Å². The molecule has 1 aliphatic carbocycles. The maximum atomic E-state index is 15.0. The van der Waals surface area contributed by atoms with Gasteiger partial charge in [-0.05, 0) is 52.7 Å². The molecule has 2 atom stereocenters. The molecule has 3 aromatic rings. The normalized spacial score (nSPS) is 15.9. The van der Waals surface area contributed by atoms with Gasteiger partial charge in [0, 0.05) is 47.0 Å². The number of aromatic nitrogens is 2. The monoisotopic (exact) mass is 551 g/mol. The minimum Gasteiger partial charge on any atom is -0.422 e. The number of ether oxygens (including phenoxy) is 1. The van der Waals surface area contributed by atoms with Crippen molar-refractivity contribution in [2.24, 2.45) is 0 Å². The molecule has 1 aromatic carbocycles. The first kappa shape index (κ1) is 24.9. The number of ketones is 1. The second kappa shape index (κ2) is 10.6. The highest BCUT2D eigenvalue weighted by Crippen LogP contribution is 2.47. The van der Waals surface area contributed by atoms with E-state index in [-0.39, 0.29) is 40.5 Å². The van der Waals surface area contributed by atoms with Gasteiger partial charge in [-0.15, -0.1) is 0 Å². The first-order valence-corrected chi connectivity index (χ1v) is 11.7. The van der Waals surface area contributed by atoms with Crippen LogP contribution >= 0.6 is 15.9 Å². The van der Waals surface area contributed by atoms with Crippen LogP contribution in [0.1, 0.15) is 57.5 Å². The number of nitrogens with zero attached hydrogens (tertiary/aromatic N) is 3. The number of urea groups is 1. The zero-order chi connectivity index (χ0) is 25.8. The molecule has 0 radical (unpaired) electrons. The Morgan fingerprint density at radius 3 is 2.69 bits per heavy atom. The summed E-state index contributed by atoms with van der Waals surface area (Å²) in [6.45, 7) is 1.65. The van der Waals surface area contributed by atoms with Crippen molar-refractivity contribution in [3.05, 3.63) is 81.5 Å². The maximum Gasteiger partial charge on any atom is 0.345 e. The number of rotatable bonds is 7. The molecular formula is C25H19BrFN5O4. The van der Waals surface area contributed by atoms with Gasteiger partial charge in [-0.1, -0.05) is 6.92 Å². The van der Waals surface area contributed by atoms with E-state index in [1.807, 2.05) is 6.07 Å². The number of carbonyl (C=O) groups excluding carboxylic acids is 3. The van der Waals surface area contributed by atoms with Crippen LogP contribution < -0.4 is 15.4 Å². The molecule has 36 heavy (non-hydrogen) atoms. The summed E-state index contributed by atoms with van der Waals surface area (Å²) in [5.74, 6) is -2.20. The third kappa shape index (κ3) is 5.55. The average Bonchev–Trinajstić information content (AvgIpc) is 3.62. The summed E-state index contributed by atoms with van der Waals surface area (Å²) in [6.07, 6.45) is 4.62. The van der Waals surface area contributed by atoms with Crippen molar-refractivity contribution in [3.8, 4) is 11.8 Å². The molecule has 1 fully saturated rings. The van der Waals surface area contributed by atoms with E-state index in [0.29, 0.717) is 16.5 Å². The van der Waals surface area contributed by atoms with Gasteiger partial charge in [-0.2, -0.15) is 5.26 Å². The number of amides is 2. The smallest absolute Gasteiger partial charge is 0.345 e. The molecule has 2 heterocycles. The molecule has 1 saturated carbocycles. The van der Waals surface area contributed by atoms with Crippen LogP contribution in [0.15, 0.2) is 53.4 Å². The number of anilines is 1. The highest BCUT2D eigenvalue weighted by molar-refractivity contribution is 9.10. The topological polar surface area (TPSA) is 134 Å². The predicted molar refractivity (Wildman–Crippen MR) is 130 cm³/mol. The van der Waals surface area contributed by atoms with Crippen molar-refractivity contribution in [1.29, 1.82) is 5.26 Å². The summed E-state index contributed by atoms with van der Waals surface area (Å²) >= 11 is 3.24. The Morgan fingerprint density at radius 1 is 1.22 bits per heavy atom. The van der Waals surface area contributed by atoms with Crippen LogP contribution in [-0.4, -0.2) is 33.8 Å². The minimum absolute atomic E-state index is 0.0485. The molecular weight excluding hydrogens is 533 g/mol. The Labute approximate surface area is 213 Å². The van der Waals surface area contributed by atoms with Gasteiger partial charge in [0.1, 0.15) is 23.5 Å². The lowest BCUT2D eigenvalue weighted by Crippen LogP contribution is -2.31. The van der Waals surface area contributed by atoms with Crippen LogP contribution in [0.5, 0.6) is 5.75 Å². The first-order chi connectivity index (χ1) is 17.3. The average molecular weight is 552 g/mol. The summed E-state index contributed by atoms with van der Waals surface area (Å²) < 4.78 is 21.2. The fraction of sp³-hybridized carbons (Fsp3) is 0.200. The summed E-state index contributed by atoms with van der Waals surface area (Å²) in [4.78, 5) is 45.7. The van der Waals surface area contributed by atoms with Crippen LogP contribution in [0, 0.1) is 17.1 Å². The summed E-state index contributed by atoms with van der Waals surface area (Å²) in [5, 5.41) is 14.1. The first-order valence-electron chi connectivity index (χ1n) is 10.9. The summed E-state index contributed by atoms with van der Waals surface area (Å²) in [5.41, 5.74) is 0.602. The van der Waals surface area contributed by atoms with Crippen molar-refractivity contribution >= 4 is 39.5 Å². The molecule has 0 bridgehead atoms. The van der Waals surface area contributed by atoms with Gasteiger partial charge in [0.05, 0.1) is 16.7 Å². The number of hydrogen-bond donors (Lipinski definition) is 2. The number of nitrogens with one attached hydrogen (secondary N) is 2. The number of nitriles is 1. The Bertz CT molecular complexity index is 1390.